The Morgan fingerprint density at radius 3 is 2.71 bits per heavy atom. The molecule has 0 saturated carbocycles. The summed E-state index contributed by atoms with van der Waals surface area (Å²) in [6, 6.07) is 0. The monoisotopic (exact) mass is 205 g/mol. The van der Waals surface area contributed by atoms with Crippen molar-refractivity contribution in [3.63, 3.8) is 0 Å². The first-order chi connectivity index (χ1) is 6.45. The molecule has 1 aliphatic heterocycles. The molecular weight excluding hydrogens is 188 g/mol. The van der Waals surface area contributed by atoms with Gasteiger partial charge in [-0.05, 0) is 0 Å². The molecule has 0 aromatic heterocycles. The summed E-state index contributed by atoms with van der Waals surface area (Å²) in [4.78, 5) is 1.89. The molecule has 0 spiro atoms. The van der Waals surface area contributed by atoms with Gasteiger partial charge in [0.15, 0.2) is 0 Å². The zero-order valence-electron chi connectivity index (χ0n) is 8.47. The van der Waals surface area contributed by atoms with Gasteiger partial charge in [0, 0.05) is 26.1 Å². The lowest BCUT2D eigenvalue weighted by Gasteiger charge is -2.44. The van der Waals surface area contributed by atoms with Crippen molar-refractivity contribution < 1.29 is 13.9 Å². The van der Waals surface area contributed by atoms with Gasteiger partial charge in [-0.3, -0.25) is 4.90 Å². The van der Waals surface area contributed by atoms with Gasteiger partial charge < -0.3 is 5.11 Å². The average Bonchev–Trinajstić information content (AvgIpc) is 2.12. The molecule has 0 aliphatic carbocycles. The lowest BCUT2D eigenvalue weighted by atomic mass is 9.79. The minimum atomic E-state index is -2.76. The molecule has 1 N–H and O–H groups in total. The van der Waals surface area contributed by atoms with Crippen LogP contribution in [0.1, 0.15) is 13.3 Å². The number of hydrogen-bond donors (Lipinski definition) is 1. The first kappa shape index (κ1) is 11.6. The van der Waals surface area contributed by atoms with Crippen molar-refractivity contribution >= 4 is 0 Å². The second-order valence-electron chi connectivity index (χ2n) is 4.20. The van der Waals surface area contributed by atoms with E-state index in [0.717, 1.165) is 0 Å². The zero-order valence-corrected chi connectivity index (χ0v) is 8.47. The molecular formula is C10H17F2NO. The Kier molecular flexibility index (Phi) is 3.27. The van der Waals surface area contributed by atoms with Gasteiger partial charge in [-0.2, -0.15) is 0 Å². The van der Waals surface area contributed by atoms with Crippen molar-refractivity contribution in [1.82, 2.24) is 4.90 Å². The van der Waals surface area contributed by atoms with Crippen LogP contribution in [0.3, 0.4) is 0 Å². The highest BCUT2D eigenvalue weighted by molar-refractivity contribution is 4.96. The van der Waals surface area contributed by atoms with Gasteiger partial charge in [0.25, 0.3) is 5.92 Å². The van der Waals surface area contributed by atoms with Gasteiger partial charge in [-0.15, -0.1) is 6.58 Å². The number of likely N-dealkylation sites (tertiary alicyclic amines) is 1. The zero-order chi connectivity index (χ0) is 10.8. The summed E-state index contributed by atoms with van der Waals surface area (Å²) in [6.07, 6.45) is 1.51. The number of aliphatic hydroxyl groups is 1. The van der Waals surface area contributed by atoms with Crippen molar-refractivity contribution in [1.29, 1.82) is 0 Å². The standard InChI is InChI=1S/C10H17F2NO/c1-3-5-13-6-4-10(11,12)9(2,7-13)8-14/h3,14H,1,4-8H2,2H3/t9-/m0/s1. The predicted molar refractivity (Wildman–Crippen MR) is 51.4 cm³/mol. The third-order valence-electron chi connectivity index (χ3n) is 2.93. The fourth-order valence-electron chi connectivity index (χ4n) is 1.79. The number of nitrogens with zero attached hydrogens (tertiary/aromatic N) is 1. The van der Waals surface area contributed by atoms with Crippen LogP contribution in [-0.2, 0) is 0 Å². The Morgan fingerprint density at radius 2 is 2.21 bits per heavy atom. The molecule has 0 aromatic rings. The van der Waals surface area contributed by atoms with E-state index in [0.29, 0.717) is 13.1 Å². The highest BCUT2D eigenvalue weighted by Crippen LogP contribution is 2.42. The SMILES string of the molecule is C=CCN1CCC(F)(F)[C@](C)(CO)C1. The van der Waals surface area contributed by atoms with Crippen molar-refractivity contribution in [3.8, 4) is 0 Å². The van der Waals surface area contributed by atoms with Gasteiger partial charge in [0.1, 0.15) is 0 Å². The maximum absolute atomic E-state index is 13.5. The molecule has 1 atom stereocenters. The maximum Gasteiger partial charge on any atom is 0.258 e. The van der Waals surface area contributed by atoms with Gasteiger partial charge in [-0.25, -0.2) is 8.78 Å². The molecule has 14 heavy (non-hydrogen) atoms. The molecule has 0 amide bonds. The molecule has 1 saturated heterocycles. The van der Waals surface area contributed by atoms with Crippen LogP contribution in [0.5, 0.6) is 0 Å². The summed E-state index contributed by atoms with van der Waals surface area (Å²) in [5.41, 5.74) is -1.31. The van der Waals surface area contributed by atoms with Crippen LogP contribution in [-0.4, -0.2) is 42.2 Å². The molecule has 1 aliphatic rings. The topological polar surface area (TPSA) is 23.5 Å². The summed E-state index contributed by atoms with van der Waals surface area (Å²) in [5.74, 6) is -2.76. The largest absolute Gasteiger partial charge is 0.396 e. The highest BCUT2D eigenvalue weighted by Gasteiger charge is 2.52. The van der Waals surface area contributed by atoms with E-state index in [1.807, 2.05) is 4.90 Å². The Bertz CT molecular complexity index is 220. The third-order valence-corrected chi connectivity index (χ3v) is 2.93. The van der Waals surface area contributed by atoms with Gasteiger partial charge in [-0.1, -0.05) is 13.0 Å². The maximum atomic E-state index is 13.5. The van der Waals surface area contributed by atoms with Crippen LogP contribution in [0.2, 0.25) is 0 Å². The first-order valence-corrected chi connectivity index (χ1v) is 4.77. The van der Waals surface area contributed by atoms with Crippen molar-refractivity contribution in [3.05, 3.63) is 12.7 Å². The van der Waals surface area contributed by atoms with Crippen LogP contribution in [0.15, 0.2) is 12.7 Å². The number of halogens is 2. The number of piperidine rings is 1. The van der Waals surface area contributed by atoms with E-state index in [1.54, 1.807) is 6.08 Å². The minimum absolute atomic E-state index is 0.183. The van der Waals surface area contributed by atoms with Crippen LogP contribution in [0.25, 0.3) is 0 Å². The molecule has 0 aromatic carbocycles. The van der Waals surface area contributed by atoms with Crippen molar-refractivity contribution in [2.24, 2.45) is 5.41 Å². The van der Waals surface area contributed by atoms with Gasteiger partial charge in [0.05, 0.1) is 12.0 Å². The van der Waals surface area contributed by atoms with E-state index >= 15 is 0 Å². The summed E-state index contributed by atoms with van der Waals surface area (Å²) < 4.78 is 26.9. The Morgan fingerprint density at radius 1 is 1.57 bits per heavy atom. The van der Waals surface area contributed by atoms with Gasteiger partial charge in [0.2, 0.25) is 0 Å². The van der Waals surface area contributed by atoms with Crippen LogP contribution in [0, 0.1) is 5.41 Å². The van der Waals surface area contributed by atoms with Crippen molar-refractivity contribution in [2.75, 3.05) is 26.2 Å². The lowest BCUT2D eigenvalue weighted by Crippen LogP contribution is -2.55. The van der Waals surface area contributed by atoms with Crippen molar-refractivity contribution in [2.45, 2.75) is 19.3 Å². The van der Waals surface area contributed by atoms with E-state index in [4.69, 9.17) is 5.11 Å². The molecule has 4 heteroatoms. The van der Waals surface area contributed by atoms with E-state index in [2.05, 4.69) is 6.58 Å². The minimum Gasteiger partial charge on any atom is -0.396 e. The second kappa shape index (κ2) is 3.95. The molecule has 0 unspecified atom stereocenters. The molecule has 1 fully saturated rings. The molecule has 1 heterocycles. The van der Waals surface area contributed by atoms with E-state index in [1.165, 1.54) is 6.92 Å². The normalized spacial score (nSPS) is 32.9. The molecule has 0 bridgehead atoms. The van der Waals surface area contributed by atoms with E-state index in [-0.39, 0.29) is 13.0 Å². The van der Waals surface area contributed by atoms with Gasteiger partial charge >= 0.3 is 0 Å². The van der Waals surface area contributed by atoms with E-state index in [9.17, 15) is 8.78 Å². The summed E-state index contributed by atoms with van der Waals surface area (Å²) in [7, 11) is 0. The van der Waals surface area contributed by atoms with Crippen LogP contribution < -0.4 is 0 Å². The fraction of sp³-hybridized carbons (Fsp3) is 0.800. The predicted octanol–water partition coefficient (Wildman–Crippen LogP) is 1.51. The number of alkyl halides is 2. The molecule has 0 radical (unpaired) electrons. The Balaban J connectivity index is 2.72. The Hall–Kier alpha value is -0.480. The average molecular weight is 205 g/mol. The fourth-order valence-corrected chi connectivity index (χ4v) is 1.79. The number of aliphatic hydroxyl groups excluding tert-OH is 1. The molecule has 2 nitrogen and oxygen atoms in total. The molecule has 82 valence electrons. The summed E-state index contributed by atoms with van der Waals surface area (Å²) in [6.45, 7) is 5.72. The number of hydrogen-bond acceptors (Lipinski definition) is 2. The Labute approximate surface area is 83.2 Å². The number of rotatable bonds is 3. The second-order valence-corrected chi connectivity index (χ2v) is 4.20. The highest BCUT2D eigenvalue weighted by atomic mass is 19.3. The summed E-state index contributed by atoms with van der Waals surface area (Å²) >= 11 is 0. The third kappa shape index (κ3) is 1.96. The van der Waals surface area contributed by atoms with Crippen LogP contribution in [0.4, 0.5) is 8.78 Å². The summed E-state index contributed by atoms with van der Waals surface area (Å²) in [5, 5.41) is 9.04. The molecule has 1 rings (SSSR count). The van der Waals surface area contributed by atoms with Crippen LogP contribution >= 0.6 is 0 Å². The first-order valence-electron chi connectivity index (χ1n) is 4.77. The smallest absolute Gasteiger partial charge is 0.258 e. The lowest BCUT2D eigenvalue weighted by molar-refractivity contribution is -0.173. The quantitative estimate of drug-likeness (QED) is 0.706. The van der Waals surface area contributed by atoms with E-state index < -0.39 is 17.9 Å².